The fourth-order valence-electron chi connectivity index (χ4n) is 2.96. The molecule has 0 aromatic heterocycles. The predicted molar refractivity (Wildman–Crippen MR) is 51.0 cm³/mol. The van der Waals surface area contributed by atoms with Crippen molar-refractivity contribution in [2.24, 2.45) is 5.92 Å². The molecule has 12 heavy (non-hydrogen) atoms. The molecule has 0 amide bonds. The van der Waals surface area contributed by atoms with Gasteiger partial charge in [-0.1, -0.05) is 12.8 Å². The van der Waals surface area contributed by atoms with Crippen molar-refractivity contribution in [1.82, 2.24) is 0 Å². The Labute approximate surface area is 75.9 Å². The van der Waals surface area contributed by atoms with Crippen LogP contribution in [0.25, 0.3) is 0 Å². The Morgan fingerprint density at radius 2 is 1.50 bits per heavy atom. The second-order valence-corrected chi connectivity index (χ2v) is 4.58. The van der Waals surface area contributed by atoms with Gasteiger partial charge < -0.3 is 5.32 Å². The predicted octanol–water partition coefficient (Wildman–Crippen LogP) is 1.68. The Morgan fingerprint density at radius 1 is 0.750 bits per heavy atom. The minimum absolute atomic E-state index is 1.01. The smallest absolute Gasteiger partial charge is 0.0887 e. The molecule has 2 aliphatic rings. The van der Waals surface area contributed by atoms with Crippen LogP contribution in [0.4, 0.5) is 0 Å². The summed E-state index contributed by atoms with van der Waals surface area (Å²) < 4.78 is 0. The van der Waals surface area contributed by atoms with E-state index in [0.29, 0.717) is 0 Å². The van der Waals surface area contributed by atoms with E-state index in [1.54, 1.807) is 0 Å². The highest BCUT2D eigenvalue weighted by molar-refractivity contribution is 4.74. The van der Waals surface area contributed by atoms with E-state index in [-0.39, 0.29) is 0 Å². The molecule has 1 aliphatic heterocycles. The van der Waals surface area contributed by atoms with Gasteiger partial charge in [-0.15, -0.1) is 0 Å². The Kier molecular flexibility index (Phi) is 3.04. The monoisotopic (exact) mass is 168 g/mol. The molecule has 1 heteroatoms. The van der Waals surface area contributed by atoms with Gasteiger partial charge in [-0.3, -0.25) is 0 Å². The number of hydrogen-bond acceptors (Lipinski definition) is 0. The van der Waals surface area contributed by atoms with Gasteiger partial charge in [0.15, 0.2) is 0 Å². The first-order chi connectivity index (χ1) is 5.97. The summed E-state index contributed by atoms with van der Waals surface area (Å²) in [4.78, 5) is 0. The summed E-state index contributed by atoms with van der Waals surface area (Å²) in [5, 5.41) is 2.64. The lowest BCUT2D eigenvalue weighted by Crippen LogP contribution is -2.91. The Morgan fingerprint density at radius 3 is 2.33 bits per heavy atom. The summed E-state index contributed by atoms with van der Waals surface area (Å²) in [5.74, 6) is 1.09. The SMILES string of the molecule is C1CC[NH2+][C@@H](C2CCCC2)CC1. The van der Waals surface area contributed by atoms with Gasteiger partial charge in [0.05, 0.1) is 12.6 Å². The van der Waals surface area contributed by atoms with Crippen LogP contribution in [-0.4, -0.2) is 12.6 Å². The third kappa shape index (κ3) is 2.01. The molecule has 1 aliphatic carbocycles. The molecule has 0 unspecified atom stereocenters. The van der Waals surface area contributed by atoms with E-state index in [2.05, 4.69) is 5.32 Å². The van der Waals surface area contributed by atoms with Crippen LogP contribution in [0.2, 0.25) is 0 Å². The van der Waals surface area contributed by atoms with Crippen LogP contribution in [0.3, 0.4) is 0 Å². The van der Waals surface area contributed by atoms with Gasteiger partial charge in [0.1, 0.15) is 0 Å². The molecule has 1 saturated heterocycles. The highest BCUT2D eigenvalue weighted by Gasteiger charge is 2.27. The fourth-order valence-corrected chi connectivity index (χ4v) is 2.96. The first-order valence-corrected chi connectivity index (χ1v) is 5.80. The second kappa shape index (κ2) is 4.27. The van der Waals surface area contributed by atoms with Crippen molar-refractivity contribution in [2.45, 2.75) is 57.4 Å². The highest BCUT2D eigenvalue weighted by Crippen LogP contribution is 2.28. The molecule has 0 bridgehead atoms. The van der Waals surface area contributed by atoms with Gasteiger partial charge in [-0.2, -0.15) is 0 Å². The van der Waals surface area contributed by atoms with E-state index >= 15 is 0 Å². The molecule has 0 spiro atoms. The van der Waals surface area contributed by atoms with Gasteiger partial charge in [-0.25, -0.2) is 0 Å². The lowest BCUT2D eigenvalue weighted by atomic mass is 9.94. The first kappa shape index (κ1) is 8.55. The average molecular weight is 168 g/mol. The fraction of sp³-hybridized carbons (Fsp3) is 1.00. The molecule has 2 N–H and O–H groups in total. The highest BCUT2D eigenvalue weighted by atomic mass is 14.9. The van der Waals surface area contributed by atoms with Crippen molar-refractivity contribution in [1.29, 1.82) is 0 Å². The third-order valence-corrected chi connectivity index (χ3v) is 3.72. The first-order valence-electron chi connectivity index (χ1n) is 5.80. The maximum absolute atomic E-state index is 2.64. The van der Waals surface area contributed by atoms with Crippen molar-refractivity contribution >= 4 is 0 Å². The average Bonchev–Trinajstić information content (AvgIpc) is 2.48. The summed E-state index contributed by atoms with van der Waals surface area (Å²) in [6.07, 6.45) is 12.0. The van der Waals surface area contributed by atoms with Crippen molar-refractivity contribution in [3.05, 3.63) is 0 Å². The second-order valence-electron chi connectivity index (χ2n) is 4.58. The molecule has 2 rings (SSSR count). The minimum Gasteiger partial charge on any atom is -0.344 e. The normalized spacial score (nSPS) is 33.5. The molecule has 1 saturated carbocycles. The summed E-state index contributed by atoms with van der Waals surface area (Å²) in [6, 6.07) is 1.01. The number of nitrogens with two attached hydrogens (primary N) is 1. The summed E-state index contributed by atoms with van der Waals surface area (Å²) in [6.45, 7) is 1.40. The van der Waals surface area contributed by atoms with Gasteiger partial charge in [0, 0.05) is 5.92 Å². The third-order valence-electron chi connectivity index (χ3n) is 3.72. The maximum Gasteiger partial charge on any atom is 0.0887 e. The zero-order valence-electron chi connectivity index (χ0n) is 8.10. The van der Waals surface area contributed by atoms with E-state index in [1.165, 1.54) is 57.9 Å². The Hall–Kier alpha value is -0.0400. The molecule has 2 fully saturated rings. The van der Waals surface area contributed by atoms with Gasteiger partial charge in [0.25, 0.3) is 0 Å². The van der Waals surface area contributed by atoms with Gasteiger partial charge in [0.2, 0.25) is 0 Å². The van der Waals surface area contributed by atoms with Gasteiger partial charge in [-0.05, 0) is 38.5 Å². The van der Waals surface area contributed by atoms with Crippen LogP contribution >= 0.6 is 0 Å². The minimum atomic E-state index is 1.01. The molecule has 70 valence electrons. The summed E-state index contributed by atoms with van der Waals surface area (Å²) in [7, 11) is 0. The van der Waals surface area contributed by atoms with Crippen LogP contribution in [0.5, 0.6) is 0 Å². The van der Waals surface area contributed by atoms with Crippen molar-refractivity contribution in [2.75, 3.05) is 6.54 Å². The van der Waals surface area contributed by atoms with E-state index in [9.17, 15) is 0 Å². The molecule has 1 atom stereocenters. The lowest BCUT2D eigenvalue weighted by Gasteiger charge is -2.18. The molecular formula is C11H22N+. The molecule has 1 heterocycles. The number of hydrogen-bond donors (Lipinski definition) is 1. The number of quaternary nitrogens is 1. The largest absolute Gasteiger partial charge is 0.344 e. The van der Waals surface area contributed by atoms with Crippen molar-refractivity contribution in [3.63, 3.8) is 0 Å². The van der Waals surface area contributed by atoms with Crippen molar-refractivity contribution < 1.29 is 5.32 Å². The number of rotatable bonds is 1. The molecule has 0 aromatic carbocycles. The zero-order chi connectivity index (χ0) is 8.23. The van der Waals surface area contributed by atoms with E-state index in [4.69, 9.17) is 0 Å². The van der Waals surface area contributed by atoms with Crippen molar-refractivity contribution in [3.8, 4) is 0 Å². The standard InChI is InChI=1S/C11H21N/c1-2-8-11(12-9-5-1)10-6-3-4-7-10/h10-12H,1-9H2/p+1/t11-/m1/s1. The van der Waals surface area contributed by atoms with Crippen LogP contribution in [-0.2, 0) is 0 Å². The van der Waals surface area contributed by atoms with E-state index < -0.39 is 0 Å². The van der Waals surface area contributed by atoms with E-state index in [1.807, 2.05) is 0 Å². The maximum atomic E-state index is 2.64. The quantitative estimate of drug-likeness (QED) is 0.613. The van der Waals surface area contributed by atoms with Crippen LogP contribution in [0.15, 0.2) is 0 Å². The molecule has 0 aromatic rings. The van der Waals surface area contributed by atoms with E-state index in [0.717, 1.165) is 12.0 Å². The summed E-state index contributed by atoms with van der Waals surface area (Å²) >= 11 is 0. The molecule has 1 nitrogen and oxygen atoms in total. The molecule has 0 radical (unpaired) electrons. The zero-order valence-corrected chi connectivity index (χ0v) is 8.10. The van der Waals surface area contributed by atoms with Gasteiger partial charge >= 0.3 is 0 Å². The summed E-state index contributed by atoms with van der Waals surface area (Å²) in [5.41, 5.74) is 0. The lowest BCUT2D eigenvalue weighted by molar-refractivity contribution is -0.694. The Balaban J connectivity index is 1.83. The van der Waals surface area contributed by atoms with Crippen LogP contribution in [0.1, 0.15) is 51.4 Å². The molecular weight excluding hydrogens is 146 g/mol. The Bertz CT molecular complexity index is 119. The topological polar surface area (TPSA) is 16.6 Å². The van der Waals surface area contributed by atoms with Crippen LogP contribution in [0, 0.1) is 5.92 Å². The van der Waals surface area contributed by atoms with Crippen LogP contribution < -0.4 is 5.32 Å².